The molecule has 0 unspecified atom stereocenters. The van der Waals surface area contributed by atoms with Crippen LogP contribution in [0.2, 0.25) is 0 Å². The van der Waals surface area contributed by atoms with E-state index in [0.717, 1.165) is 10.9 Å². The summed E-state index contributed by atoms with van der Waals surface area (Å²) >= 11 is 0. The van der Waals surface area contributed by atoms with E-state index in [0.29, 0.717) is 29.2 Å². The Morgan fingerprint density at radius 2 is 1.90 bits per heavy atom. The van der Waals surface area contributed by atoms with Crippen LogP contribution in [0.4, 0.5) is 23.4 Å². The molecule has 3 rings (SSSR count). The Hall–Kier alpha value is -3.23. The van der Waals surface area contributed by atoms with Crippen molar-refractivity contribution in [3.8, 4) is 0 Å². The molecule has 0 aliphatic rings. The monoisotopic (exact) mass is 434 g/mol. The van der Waals surface area contributed by atoms with Gasteiger partial charge >= 0.3 is 6.18 Å². The molecule has 2 N–H and O–H groups in total. The van der Waals surface area contributed by atoms with E-state index in [1.165, 1.54) is 4.90 Å². The fraction of sp³-hybridized carbons (Fsp3) is 0.318. The molecule has 0 spiro atoms. The number of aryl methyl sites for hydroxylation is 1. The van der Waals surface area contributed by atoms with Crippen molar-refractivity contribution in [3.63, 3.8) is 0 Å². The third-order valence-electron chi connectivity index (χ3n) is 4.75. The number of hydrogen-bond donors (Lipinski definition) is 1. The van der Waals surface area contributed by atoms with Gasteiger partial charge in [0.05, 0.1) is 23.3 Å². The Bertz CT molecular complexity index is 1130. The number of alkyl halides is 3. The number of fused-ring (bicyclic) bond motifs is 1. The van der Waals surface area contributed by atoms with Gasteiger partial charge < -0.3 is 10.6 Å². The summed E-state index contributed by atoms with van der Waals surface area (Å²) in [5, 5.41) is 0.723. The van der Waals surface area contributed by atoms with E-state index in [2.05, 4.69) is 9.97 Å². The van der Waals surface area contributed by atoms with Crippen molar-refractivity contribution in [1.82, 2.24) is 14.9 Å². The molecule has 1 aromatic carbocycles. The standard InChI is InChI=1S/C22H22F4N4O/c1-12(2)10-30(11-19-17(23)8-16(9-28-19)22(24,25)26)21(31)14-4-5-18-15(7-14)6-13(3)20(27)29-18/h4-9,12H,10-11H2,1-3H3,(H2,27,29). The molecule has 9 heteroatoms. The average Bonchev–Trinajstić information content (AvgIpc) is 2.67. The van der Waals surface area contributed by atoms with Crippen molar-refractivity contribution < 1.29 is 22.4 Å². The molecule has 0 aliphatic carbocycles. The van der Waals surface area contributed by atoms with Gasteiger partial charge in [-0.25, -0.2) is 9.37 Å². The minimum atomic E-state index is -4.69. The Morgan fingerprint density at radius 1 is 1.19 bits per heavy atom. The van der Waals surface area contributed by atoms with E-state index in [-0.39, 0.29) is 30.6 Å². The number of anilines is 1. The Kier molecular flexibility index (Phi) is 6.15. The number of pyridine rings is 2. The number of benzene rings is 1. The minimum Gasteiger partial charge on any atom is -0.383 e. The lowest BCUT2D eigenvalue weighted by Crippen LogP contribution is -2.34. The summed E-state index contributed by atoms with van der Waals surface area (Å²) in [6.45, 7) is 5.59. The van der Waals surface area contributed by atoms with E-state index in [1.807, 2.05) is 19.9 Å². The third-order valence-corrected chi connectivity index (χ3v) is 4.75. The van der Waals surface area contributed by atoms with Gasteiger partial charge in [-0.3, -0.25) is 9.78 Å². The fourth-order valence-corrected chi connectivity index (χ4v) is 3.19. The summed E-state index contributed by atoms with van der Waals surface area (Å²) in [5.41, 5.74) is 6.18. The van der Waals surface area contributed by atoms with E-state index in [4.69, 9.17) is 5.73 Å². The highest BCUT2D eigenvalue weighted by Gasteiger charge is 2.32. The van der Waals surface area contributed by atoms with Crippen LogP contribution in [0, 0.1) is 18.7 Å². The third kappa shape index (κ3) is 5.10. The smallest absolute Gasteiger partial charge is 0.383 e. The van der Waals surface area contributed by atoms with Crippen molar-refractivity contribution in [3.05, 3.63) is 64.7 Å². The predicted octanol–water partition coefficient (Wildman–Crippen LogP) is 4.98. The van der Waals surface area contributed by atoms with Crippen molar-refractivity contribution >= 4 is 22.6 Å². The van der Waals surface area contributed by atoms with Crippen LogP contribution in [-0.4, -0.2) is 27.3 Å². The topological polar surface area (TPSA) is 72.1 Å². The normalized spacial score (nSPS) is 11.9. The molecular weight excluding hydrogens is 412 g/mol. The molecule has 0 bridgehead atoms. The number of halogens is 4. The fourth-order valence-electron chi connectivity index (χ4n) is 3.19. The largest absolute Gasteiger partial charge is 0.417 e. The molecule has 5 nitrogen and oxygen atoms in total. The molecule has 1 amide bonds. The second-order valence-electron chi connectivity index (χ2n) is 7.83. The molecule has 0 fully saturated rings. The summed E-state index contributed by atoms with van der Waals surface area (Å²) < 4.78 is 52.7. The van der Waals surface area contributed by atoms with E-state index in [1.54, 1.807) is 25.1 Å². The van der Waals surface area contributed by atoms with Crippen molar-refractivity contribution in [2.75, 3.05) is 12.3 Å². The first-order chi connectivity index (χ1) is 14.5. The number of aromatic nitrogens is 2. The van der Waals surface area contributed by atoms with Crippen molar-refractivity contribution in [2.45, 2.75) is 33.5 Å². The first-order valence-corrected chi connectivity index (χ1v) is 9.63. The van der Waals surface area contributed by atoms with Crippen LogP contribution >= 0.6 is 0 Å². The molecule has 2 aromatic heterocycles. The molecule has 2 heterocycles. The predicted molar refractivity (Wildman–Crippen MR) is 110 cm³/mol. The van der Waals surface area contributed by atoms with Crippen LogP contribution in [0.15, 0.2) is 36.5 Å². The van der Waals surface area contributed by atoms with Crippen LogP contribution in [0.25, 0.3) is 10.9 Å². The van der Waals surface area contributed by atoms with Gasteiger partial charge in [0.2, 0.25) is 0 Å². The maximum absolute atomic E-state index is 14.3. The van der Waals surface area contributed by atoms with Gasteiger partial charge in [0.15, 0.2) is 0 Å². The van der Waals surface area contributed by atoms with Crippen molar-refractivity contribution in [2.24, 2.45) is 5.92 Å². The molecule has 0 aliphatic heterocycles. The van der Waals surface area contributed by atoms with Crippen LogP contribution in [0.3, 0.4) is 0 Å². The van der Waals surface area contributed by atoms with E-state index in [9.17, 15) is 22.4 Å². The second-order valence-corrected chi connectivity index (χ2v) is 7.83. The van der Waals surface area contributed by atoms with Crippen molar-refractivity contribution in [1.29, 1.82) is 0 Å². The molecule has 164 valence electrons. The highest BCUT2D eigenvalue weighted by atomic mass is 19.4. The van der Waals surface area contributed by atoms with Gasteiger partial charge in [0.25, 0.3) is 5.91 Å². The molecule has 0 saturated heterocycles. The van der Waals surface area contributed by atoms with Gasteiger partial charge in [-0.1, -0.05) is 13.8 Å². The van der Waals surface area contributed by atoms with Crippen LogP contribution < -0.4 is 5.73 Å². The lowest BCUT2D eigenvalue weighted by Gasteiger charge is -2.25. The van der Waals surface area contributed by atoms with Crippen LogP contribution in [0.1, 0.15) is 41.0 Å². The summed E-state index contributed by atoms with van der Waals surface area (Å²) in [7, 11) is 0. The first-order valence-electron chi connectivity index (χ1n) is 9.63. The number of nitrogens with two attached hydrogens (primary N) is 1. The SMILES string of the molecule is Cc1cc2cc(C(=O)N(Cc3ncc(C(F)(F)F)cc3F)CC(C)C)ccc2nc1N. The summed E-state index contributed by atoms with van der Waals surface area (Å²) in [6, 6.07) is 7.15. The van der Waals surface area contributed by atoms with E-state index < -0.39 is 17.6 Å². The lowest BCUT2D eigenvalue weighted by molar-refractivity contribution is -0.138. The lowest BCUT2D eigenvalue weighted by atomic mass is 10.1. The summed E-state index contributed by atoms with van der Waals surface area (Å²) in [4.78, 5) is 22.4. The van der Waals surface area contributed by atoms with Gasteiger partial charge in [-0.2, -0.15) is 13.2 Å². The van der Waals surface area contributed by atoms with Crippen LogP contribution in [-0.2, 0) is 12.7 Å². The second kappa shape index (κ2) is 8.49. The number of nitrogen functional groups attached to an aromatic ring is 1. The molecular formula is C22H22F4N4O. The Balaban J connectivity index is 1.93. The number of hydrogen-bond acceptors (Lipinski definition) is 4. The zero-order valence-electron chi connectivity index (χ0n) is 17.3. The Labute approximate surface area is 176 Å². The van der Waals surface area contributed by atoms with Gasteiger partial charge in [0, 0.05) is 23.7 Å². The number of carbonyl (C=O) groups is 1. The quantitative estimate of drug-likeness (QED) is 0.575. The number of nitrogens with zero attached hydrogens (tertiary/aromatic N) is 3. The maximum atomic E-state index is 14.3. The maximum Gasteiger partial charge on any atom is 0.417 e. The summed E-state index contributed by atoms with van der Waals surface area (Å²) in [5.74, 6) is -1.04. The zero-order chi connectivity index (χ0) is 22.9. The molecule has 0 saturated carbocycles. The highest BCUT2D eigenvalue weighted by Crippen LogP contribution is 2.29. The molecule has 3 aromatic rings. The molecule has 31 heavy (non-hydrogen) atoms. The number of amides is 1. The zero-order valence-corrected chi connectivity index (χ0v) is 17.3. The first kappa shape index (κ1) is 22.5. The van der Waals surface area contributed by atoms with E-state index >= 15 is 0 Å². The van der Waals surface area contributed by atoms with Gasteiger partial charge in [-0.05, 0) is 48.7 Å². The van der Waals surface area contributed by atoms with Gasteiger partial charge in [-0.15, -0.1) is 0 Å². The minimum absolute atomic E-state index is 0.0469. The highest BCUT2D eigenvalue weighted by molar-refractivity contribution is 5.98. The molecule has 0 radical (unpaired) electrons. The average molecular weight is 434 g/mol. The molecule has 0 atom stereocenters. The van der Waals surface area contributed by atoms with Crippen LogP contribution in [0.5, 0.6) is 0 Å². The van der Waals surface area contributed by atoms with Gasteiger partial charge in [0.1, 0.15) is 11.6 Å². The number of carbonyl (C=O) groups excluding carboxylic acids is 1. The Morgan fingerprint density at radius 3 is 2.52 bits per heavy atom. The number of rotatable bonds is 5. The summed E-state index contributed by atoms with van der Waals surface area (Å²) in [6.07, 6.45) is -4.12.